The fourth-order valence-corrected chi connectivity index (χ4v) is 0.484. The van der Waals surface area contributed by atoms with Crippen molar-refractivity contribution in [2.75, 3.05) is 19.7 Å². The zero-order chi connectivity index (χ0) is 8.69. The summed E-state index contributed by atoms with van der Waals surface area (Å²) in [7, 11) is 0. The molecule has 0 fully saturated rings. The number of carboxylic acid groups (broad SMARTS) is 1. The number of halogens is 1. The summed E-state index contributed by atoms with van der Waals surface area (Å²) in [4.78, 5) is 20.5. The standard InChI is InChI=1S/C6H11NO4.ClH/c1-2-11-6(10)4-7-3-5(8)9;/h7H,2-4H2,1H3,(H,8,9);1H. The first-order chi connectivity index (χ1) is 5.16. The summed E-state index contributed by atoms with van der Waals surface area (Å²) in [6, 6.07) is 0. The lowest BCUT2D eigenvalue weighted by atomic mass is 10.6. The van der Waals surface area contributed by atoms with Crippen molar-refractivity contribution < 1.29 is 19.4 Å². The lowest BCUT2D eigenvalue weighted by Gasteiger charge is -2.00. The number of carbonyl (C=O) groups excluding carboxylic acids is 1. The van der Waals surface area contributed by atoms with Crippen LogP contribution in [-0.2, 0) is 14.3 Å². The van der Waals surface area contributed by atoms with E-state index in [4.69, 9.17) is 5.11 Å². The van der Waals surface area contributed by atoms with Gasteiger partial charge in [0.2, 0.25) is 0 Å². The Labute approximate surface area is 76.5 Å². The molecule has 12 heavy (non-hydrogen) atoms. The quantitative estimate of drug-likeness (QED) is 0.589. The van der Waals surface area contributed by atoms with Gasteiger partial charge in [-0.25, -0.2) is 0 Å². The summed E-state index contributed by atoms with van der Waals surface area (Å²) in [6.07, 6.45) is 0. The molecule has 0 spiro atoms. The molecule has 0 amide bonds. The summed E-state index contributed by atoms with van der Waals surface area (Å²) in [5, 5.41) is 10.5. The van der Waals surface area contributed by atoms with Crippen molar-refractivity contribution in [3.05, 3.63) is 0 Å². The SMILES string of the molecule is CCOC(=O)CNCC(=O)O.Cl. The molecule has 0 rings (SSSR count). The van der Waals surface area contributed by atoms with E-state index in [9.17, 15) is 9.59 Å². The van der Waals surface area contributed by atoms with Crippen LogP contribution in [0.25, 0.3) is 0 Å². The summed E-state index contributed by atoms with van der Waals surface area (Å²) < 4.78 is 4.53. The van der Waals surface area contributed by atoms with Crippen molar-refractivity contribution in [1.29, 1.82) is 0 Å². The maximum Gasteiger partial charge on any atom is 0.319 e. The van der Waals surface area contributed by atoms with Gasteiger partial charge in [0.15, 0.2) is 0 Å². The number of hydrogen-bond donors (Lipinski definition) is 2. The van der Waals surface area contributed by atoms with E-state index in [2.05, 4.69) is 10.1 Å². The molecule has 0 atom stereocenters. The Morgan fingerprint density at radius 2 is 2.00 bits per heavy atom. The Balaban J connectivity index is 0. The molecule has 0 aromatic rings. The maximum atomic E-state index is 10.5. The smallest absolute Gasteiger partial charge is 0.319 e. The highest BCUT2D eigenvalue weighted by Gasteiger charge is 2.01. The topological polar surface area (TPSA) is 75.6 Å². The molecule has 0 aliphatic rings. The molecule has 0 unspecified atom stereocenters. The molecule has 6 heteroatoms. The first-order valence-corrected chi connectivity index (χ1v) is 3.25. The van der Waals surface area contributed by atoms with Crippen LogP contribution in [0.3, 0.4) is 0 Å². The van der Waals surface area contributed by atoms with E-state index in [1.54, 1.807) is 6.92 Å². The predicted octanol–water partition coefficient (Wildman–Crippen LogP) is -0.354. The van der Waals surface area contributed by atoms with Gasteiger partial charge in [0, 0.05) is 0 Å². The van der Waals surface area contributed by atoms with Crippen LogP contribution < -0.4 is 5.32 Å². The molecule has 0 aromatic heterocycles. The minimum absolute atomic E-state index is 0. The average molecular weight is 198 g/mol. The Morgan fingerprint density at radius 1 is 1.42 bits per heavy atom. The Hall–Kier alpha value is -0.810. The molecule has 5 nitrogen and oxygen atoms in total. The molecular formula is C6H12ClNO4. The maximum absolute atomic E-state index is 10.5. The van der Waals surface area contributed by atoms with Crippen molar-refractivity contribution in [3.8, 4) is 0 Å². The number of esters is 1. The zero-order valence-corrected chi connectivity index (χ0v) is 7.52. The second kappa shape index (κ2) is 8.29. The second-order valence-corrected chi connectivity index (χ2v) is 1.80. The summed E-state index contributed by atoms with van der Waals surface area (Å²) in [6.45, 7) is 1.72. The highest BCUT2D eigenvalue weighted by atomic mass is 35.5. The second-order valence-electron chi connectivity index (χ2n) is 1.80. The number of hydrogen-bond acceptors (Lipinski definition) is 4. The number of rotatable bonds is 5. The molecule has 0 radical (unpaired) electrons. The molecule has 0 aliphatic carbocycles. The van der Waals surface area contributed by atoms with E-state index >= 15 is 0 Å². The van der Waals surface area contributed by atoms with Crippen LogP contribution in [0.1, 0.15) is 6.92 Å². The largest absolute Gasteiger partial charge is 0.480 e. The van der Waals surface area contributed by atoms with Crippen LogP contribution in [0.2, 0.25) is 0 Å². The van der Waals surface area contributed by atoms with E-state index < -0.39 is 11.9 Å². The molecule has 2 N–H and O–H groups in total. The average Bonchev–Trinajstić information content (AvgIpc) is 1.87. The van der Waals surface area contributed by atoms with E-state index in [0.717, 1.165) is 0 Å². The van der Waals surface area contributed by atoms with Crippen molar-refractivity contribution in [2.45, 2.75) is 6.92 Å². The molecule has 0 aliphatic heterocycles. The molecule has 0 aromatic carbocycles. The Kier molecular flexibility index (Phi) is 9.50. The highest BCUT2D eigenvalue weighted by Crippen LogP contribution is 1.74. The van der Waals surface area contributed by atoms with Crippen molar-refractivity contribution in [1.82, 2.24) is 5.32 Å². The van der Waals surface area contributed by atoms with Gasteiger partial charge in [-0.15, -0.1) is 12.4 Å². The molecule has 0 heterocycles. The van der Waals surface area contributed by atoms with Gasteiger partial charge in [-0.05, 0) is 6.92 Å². The first-order valence-electron chi connectivity index (χ1n) is 3.25. The monoisotopic (exact) mass is 197 g/mol. The van der Waals surface area contributed by atoms with Gasteiger partial charge in [0.1, 0.15) is 0 Å². The van der Waals surface area contributed by atoms with Crippen molar-refractivity contribution in [2.24, 2.45) is 0 Å². The normalized spacial score (nSPS) is 8.42. The van der Waals surface area contributed by atoms with Crippen LogP contribution in [0, 0.1) is 0 Å². The Morgan fingerprint density at radius 3 is 2.42 bits per heavy atom. The fraction of sp³-hybridized carbons (Fsp3) is 0.667. The van der Waals surface area contributed by atoms with Gasteiger partial charge < -0.3 is 9.84 Å². The van der Waals surface area contributed by atoms with E-state index in [1.165, 1.54) is 0 Å². The summed E-state index contributed by atoms with van der Waals surface area (Å²) >= 11 is 0. The highest BCUT2D eigenvalue weighted by molar-refractivity contribution is 5.85. The lowest BCUT2D eigenvalue weighted by molar-refractivity contribution is -0.142. The molecule has 72 valence electrons. The van der Waals surface area contributed by atoms with Gasteiger partial charge in [0.05, 0.1) is 19.7 Å². The van der Waals surface area contributed by atoms with Crippen molar-refractivity contribution in [3.63, 3.8) is 0 Å². The van der Waals surface area contributed by atoms with Crippen LogP contribution in [0.5, 0.6) is 0 Å². The van der Waals surface area contributed by atoms with E-state index in [-0.39, 0.29) is 25.5 Å². The number of carboxylic acids is 1. The third kappa shape index (κ3) is 9.19. The van der Waals surface area contributed by atoms with E-state index in [1.807, 2.05) is 0 Å². The predicted molar refractivity (Wildman–Crippen MR) is 44.4 cm³/mol. The Bertz CT molecular complexity index is 150. The third-order valence-electron chi connectivity index (χ3n) is 0.851. The van der Waals surface area contributed by atoms with Crippen LogP contribution in [0.15, 0.2) is 0 Å². The molecule has 0 saturated carbocycles. The number of aliphatic carboxylic acids is 1. The van der Waals surface area contributed by atoms with Gasteiger partial charge in [-0.1, -0.05) is 0 Å². The summed E-state index contributed by atoms with van der Waals surface area (Å²) in [5.74, 6) is -1.43. The molecular weight excluding hydrogens is 186 g/mol. The van der Waals surface area contributed by atoms with Gasteiger partial charge >= 0.3 is 11.9 Å². The van der Waals surface area contributed by atoms with Crippen molar-refractivity contribution >= 4 is 24.3 Å². The minimum atomic E-state index is -0.991. The molecule has 0 saturated heterocycles. The number of nitrogens with one attached hydrogen (secondary N) is 1. The number of ether oxygens (including phenoxy) is 1. The number of carbonyl (C=O) groups is 2. The lowest BCUT2D eigenvalue weighted by Crippen LogP contribution is -2.29. The van der Waals surface area contributed by atoms with E-state index in [0.29, 0.717) is 6.61 Å². The van der Waals surface area contributed by atoms with Gasteiger partial charge in [-0.3, -0.25) is 14.9 Å². The summed E-state index contributed by atoms with van der Waals surface area (Å²) in [5.41, 5.74) is 0. The van der Waals surface area contributed by atoms with Crippen LogP contribution >= 0.6 is 12.4 Å². The minimum Gasteiger partial charge on any atom is -0.480 e. The molecule has 0 bridgehead atoms. The first kappa shape index (κ1) is 13.8. The fourth-order valence-electron chi connectivity index (χ4n) is 0.484. The zero-order valence-electron chi connectivity index (χ0n) is 6.70. The van der Waals surface area contributed by atoms with Crippen LogP contribution in [-0.4, -0.2) is 36.7 Å². The van der Waals surface area contributed by atoms with Crippen LogP contribution in [0.4, 0.5) is 0 Å². The third-order valence-corrected chi connectivity index (χ3v) is 0.851. The van der Waals surface area contributed by atoms with Gasteiger partial charge in [-0.2, -0.15) is 0 Å². The van der Waals surface area contributed by atoms with Gasteiger partial charge in [0.25, 0.3) is 0 Å².